The maximum Gasteiger partial charge on any atom is 0.319 e. The van der Waals surface area contributed by atoms with E-state index in [1.807, 2.05) is 0 Å². The fourth-order valence-corrected chi connectivity index (χ4v) is 4.71. The number of hydrogen-bond acceptors (Lipinski definition) is 5. The molecule has 4 aliphatic carbocycles. The molecule has 112 valence electrons. The van der Waals surface area contributed by atoms with Crippen LogP contribution in [0.25, 0.3) is 0 Å². The molecule has 4 fully saturated rings. The highest BCUT2D eigenvalue weighted by atomic mass is 32.2. The molecule has 2 atom stereocenters. The number of ether oxygens (including phenoxy) is 1. The van der Waals surface area contributed by atoms with Crippen LogP contribution in [0.4, 0.5) is 0 Å². The summed E-state index contributed by atoms with van der Waals surface area (Å²) in [6, 6.07) is 0. The van der Waals surface area contributed by atoms with Gasteiger partial charge >= 0.3 is 5.97 Å². The summed E-state index contributed by atoms with van der Waals surface area (Å²) in [5.74, 6) is -0.417. The van der Waals surface area contributed by atoms with Crippen molar-refractivity contribution in [2.24, 2.45) is 23.2 Å². The minimum absolute atomic E-state index is 0.0124. The van der Waals surface area contributed by atoms with Gasteiger partial charge in [-0.1, -0.05) is 0 Å². The lowest BCUT2D eigenvalue weighted by atomic mass is 9.49. The fraction of sp³-hybridized carbons (Fsp3) is 0.846. The van der Waals surface area contributed by atoms with Crippen LogP contribution in [0.3, 0.4) is 0 Å². The lowest BCUT2D eigenvalue weighted by Crippen LogP contribution is -2.57. The quantitative estimate of drug-likeness (QED) is 0.469. The molecule has 2 unspecified atom stereocenters. The Kier molecular flexibility index (Phi) is 3.17. The van der Waals surface area contributed by atoms with Crippen molar-refractivity contribution in [3.63, 3.8) is 0 Å². The first-order valence-corrected chi connectivity index (χ1v) is 8.58. The third-order valence-corrected chi connectivity index (χ3v) is 5.67. The minimum atomic E-state index is -4.15. The van der Waals surface area contributed by atoms with E-state index in [1.165, 1.54) is 0 Å². The van der Waals surface area contributed by atoms with E-state index >= 15 is 0 Å². The summed E-state index contributed by atoms with van der Waals surface area (Å²) in [5, 5.41) is 0. The highest BCUT2D eigenvalue weighted by molar-refractivity contribution is 7.85. The Morgan fingerprint density at radius 3 is 2.40 bits per heavy atom. The predicted molar refractivity (Wildman–Crippen MR) is 68.4 cm³/mol. The van der Waals surface area contributed by atoms with Crippen LogP contribution in [-0.4, -0.2) is 37.1 Å². The van der Waals surface area contributed by atoms with Crippen molar-refractivity contribution in [2.75, 3.05) is 12.4 Å². The molecule has 0 radical (unpaired) electrons. The Morgan fingerprint density at radius 2 is 1.85 bits per heavy atom. The fourth-order valence-electron chi connectivity index (χ4n) is 4.42. The van der Waals surface area contributed by atoms with Gasteiger partial charge in [0.05, 0.1) is 0 Å². The molecule has 4 aliphatic rings. The van der Waals surface area contributed by atoms with Crippen molar-refractivity contribution >= 4 is 21.9 Å². The van der Waals surface area contributed by atoms with E-state index in [1.54, 1.807) is 0 Å². The summed E-state index contributed by atoms with van der Waals surface area (Å²) in [6.07, 6.45) is 3.95. The van der Waals surface area contributed by atoms with Crippen molar-refractivity contribution in [3.05, 3.63) is 0 Å². The highest BCUT2D eigenvalue weighted by Gasteiger charge is 2.61. The molecule has 4 bridgehead atoms. The van der Waals surface area contributed by atoms with Gasteiger partial charge in [-0.15, -0.1) is 0 Å². The number of hydrogen-bond donors (Lipinski definition) is 1. The molecule has 20 heavy (non-hydrogen) atoms. The lowest BCUT2D eigenvalue weighted by molar-refractivity contribution is -0.176. The molecule has 4 saturated carbocycles. The summed E-state index contributed by atoms with van der Waals surface area (Å²) >= 11 is 0. The van der Waals surface area contributed by atoms with Crippen LogP contribution in [-0.2, 0) is 24.4 Å². The van der Waals surface area contributed by atoms with Crippen LogP contribution < -0.4 is 0 Å². The largest absolute Gasteiger partial charge is 0.464 e. The molecule has 0 aromatic carbocycles. The Balaban J connectivity index is 1.71. The summed E-state index contributed by atoms with van der Waals surface area (Å²) in [7, 11) is -4.15. The number of esters is 1. The van der Waals surface area contributed by atoms with Crippen LogP contribution in [0.1, 0.15) is 32.1 Å². The summed E-state index contributed by atoms with van der Waals surface area (Å²) < 4.78 is 34.8. The monoisotopic (exact) mass is 302 g/mol. The van der Waals surface area contributed by atoms with E-state index < -0.39 is 33.9 Å². The van der Waals surface area contributed by atoms with Crippen molar-refractivity contribution < 1.29 is 27.3 Å². The second kappa shape index (κ2) is 4.53. The molecule has 0 aromatic heterocycles. The number of rotatable bonds is 4. The number of Topliss-reactive ketones (excluding diaryl/α,β-unsaturated/α-hetero) is 1. The molecule has 1 N–H and O–H groups in total. The van der Waals surface area contributed by atoms with E-state index in [2.05, 4.69) is 0 Å². The standard InChI is InChI=1S/C13H18O6S/c14-11-10-4-8-3-9(5-10)7-13(11,6-8)12(15)19-1-2-20(16,17)18/h8-10H,1-7H2,(H,16,17,18). The van der Waals surface area contributed by atoms with Crippen LogP contribution in [0, 0.1) is 23.2 Å². The van der Waals surface area contributed by atoms with Gasteiger partial charge in [0.2, 0.25) is 0 Å². The first-order valence-electron chi connectivity index (χ1n) is 6.97. The maximum absolute atomic E-state index is 12.4. The average Bonchev–Trinajstić information content (AvgIpc) is 2.33. The van der Waals surface area contributed by atoms with Gasteiger partial charge in [0.1, 0.15) is 17.8 Å². The first-order chi connectivity index (χ1) is 9.30. The zero-order chi connectivity index (χ0) is 14.5. The molecule has 0 aliphatic heterocycles. The van der Waals surface area contributed by atoms with Crippen LogP contribution in [0.5, 0.6) is 0 Å². The van der Waals surface area contributed by atoms with Crippen molar-refractivity contribution in [2.45, 2.75) is 32.1 Å². The maximum atomic E-state index is 12.4. The summed E-state index contributed by atoms with van der Waals surface area (Å²) in [6.45, 7) is -0.396. The molecule has 6 nitrogen and oxygen atoms in total. The molecule has 0 amide bonds. The second-order valence-electron chi connectivity index (χ2n) is 6.41. The Bertz CT molecular complexity index is 537. The second-order valence-corrected chi connectivity index (χ2v) is 7.98. The minimum Gasteiger partial charge on any atom is -0.464 e. The van der Waals surface area contributed by atoms with Gasteiger partial charge in [-0.3, -0.25) is 14.1 Å². The molecule has 4 rings (SSSR count). The molecular formula is C13H18O6S. The van der Waals surface area contributed by atoms with Crippen molar-refractivity contribution in [1.82, 2.24) is 0 Å². The zero-order valence-corrected chi connectivity index (χ0v) is 11.9. The smallest absolute Gasteiger partial charge is 0.319 e. The van der Waals surface area contributed by atoms with E-state index in [0.717, 1.165) is 19.3 Å². The zero-order valence-electron chi connectivity index (χ0n) is 11.1. The summed E-state index contributed by atoms with van der Waals surface area (Å²) in [4.78, 5) is 24.7. The molecule has 0 saturated heterocycles. The third kappa shape index (κ3) is 2.26. The third-order valence-electron chi connectivity index (χ3n) is 4.98. The average molecular weight is 302 g/mol. The van der Waals surface area contributed by atoms with Gasteiger partial charge < -0.3 is 4.74 Å². The van der Waals surface area contributed by atoms with Gasteiger partial charge in [0.25, 0.3) is 10.1 Å². The van der Waals surface area contributed by atoms with Gasteiger partial charge in [-0.25, -0.2) is 0 Å². The predicted octanol–water partition coefficient (Wildman–Crippen LogP) is 0.813. The van der Waals surface area contributed by atoms with Crippen LogP contribution in [0.2, 0.25) is 0 Å². The number of carbonyl (C=O) groups excluding carboxylic acids is 2. The number of carbonyl (C=O) groups is 2. The van der Waals surface area contributed by atoms with E-state index in [9.17, 15) is 18.0 Å². The number of ketones is 1. The molecular weight excluding hydrogens is 284 g/mol. The molecule has 0 heterocycles. The van der Waals surface area contributed by atoms with Crippen LogP contribution >= 0.6 is 0 Å². The topological polar surface area (TPSA) is 97.7 Å². The van der Waals surface area contributed by atoms with Gasteiger partial charge in [0.15, 0.2) is 5.78 Å². The Labute approximate surface area is 117 Å². The normalized spacial score (nSPS) is 39.0. The molecule has 0 aromatic rings. The van der Waals surface area contributed by atoms with E-state index in [-0.39, 0.29) is 11.7 Å². The van der Waals surface area contributed by atoms with Crippen LogP contribution in [0.15, 0.2) is 0 Å². The van der Waals surface area contributed by atoms with Gasteiger partial charge in [-0.05, 0) is 43.9 Å². The lowest BCUT2D eigenvalue weighted by Gasteiger charge is -2.53. The molecule has 7 heteroatoms. The Hall–Kier alpha value is -0.950. The molecule has 0 spiro atoms. The van der Waals surface area contributed by atoms with Crippen molar-refractivity contribution in [3.8, 4) is 0 Å². The van der Waals surface area contributed by atoms with Crippen molar-refractivity contribution in [1.29, 1.82) is 0 Å². The summed E-state index contributed by atoms with van der Waals surface area (Å²) in [5.41, 5.74) is -1.03. The highest BCUT2D eigenvalue weighted by Crippen LogP contribution is 2.58. The van der Waals surface area contributed by atoms with Gasteiger partial charge in [-0.2, -0.15) is 8.42 Å². The van der Waals surface area contributed by atoms with E-state index in [4.69, 9.17) is 9.29 Å². The first kappa shape index (κ1) is 14.0. The Morgan fingerprint density at radius 1 is 1.25 bits per heavy atom. The SMILES string of the molecule is O=C(OCCS(=O)(=O)O)C12CC3CC(CC(C3)C1=O)C2. The van der Waals surface area contributed by atoms with Gasteiger partial charge in [0, 0.05) is 5.92 Å². The van der Waals surface area contributed by atoms with E-state index in [0.29, 0.717) is 24.7 Å².